The SMILES string of the molecule is CCCn1c(SCC(=O)Nc2nc(-c3ccc(Br)cc3)cs2)nnc1-c1csc2ccccc12. The molecule has 1 amide bonds. The van der Waals surface area contributed by atoms with E-state index in [1.807, 2.05) is 41.8 Å². The van der Waals surface area contributed by atoms with Gasteiger partial charge in [0.05, 0.1) is 11.4 Å². The Balaban J connectivity index is 1.28. The third-order valence-corrected chi connectivity index (χ3v) is 8.33. The van der Waals surface area contributed by atoms with Gasteiger partial charge in [-0.25, -0.2) is 4.98 Å². The average Bonchev–Trinajstić information content (AvgIpc) is 3.57. The minimum Gasteiger partial charge on any atom is -0.302 e. The average molecular weight is 571 g/mol. The molecule has 6 nitrogen and oxygen atoms in total. The summed E-state index contributed by atoms with van der Waals surface area (Å²) in [6, 6.07) is 16.3. The first kappa shape index (κ1) is 23.2. The molecule has 5 rings (SSSR count). The van der Waals surface area contributed by atoms with Gasteiger partial charge in [-0.3, -0.25) is 4.79 Å². The fourth-order valence-corrected chi connectivity index (χ4v) is 6.24. The van der Waals surface area contributed by atoms with Crippen molar-refractivity contribution >= 4 is 71.5 Å². The van der Waals surface area contributed by atoms with E-state index in [4.69, 9.17) is 0 Å². The zero-order valence-electron chi connectivity index (χ0n) is 18.2. The van der Waals surface area contributed by atoms with Crippen LogP contribution >= 0.6 is 50.4 Å². The van der Waals surface area contributed by atoms with Crippen LogP contribution in [0.4, 0.5) is 5.13 Å². The molecule has 0 aliphatic rings. The van der Waals surface area contributed by atoms with E-state index >= 15 is 0 Å². The van der Waals surface area contributed by atoms with Crippen molar-refractivity contribution in [3.8, 4) is 22.6 Å². The molecule has 10 heteroatoms. The zero-order valence-corrected chi connectivity index (χ0v) is 22.2. The minimum atomic E-state index is -0.115. The second-order valence-corrected chi connectivity index (χ2v) is 11.1. The number of thioether (sulfide) groups is 1. The quantitative estimate of drug-likeness (QED) is 0.200. The summed E-state index contributed by atoms with van der Waals surface area (Å²) in [5.74, 6) is 0.968. The van der Waals surface area contributed by atoms with E-state index in [0.29, 0.717) is 5.13 Å². The van der Waals surface area contributed by atoms with Crippen LogP contribution in [0.25, 0.3) is 32.7 Å². The maximum atomic E-state index is 12.6. The van der Waals surface area contributed by atoms with Gasteiger partial charge in [-0.05, 0) is 24.6 Å². The van der Waals surface area contributed by atoms with Crippen molar-refractivity contribution in [2.24, 2.45) is 0 Å². The van der Waals surface area contributed by atoms with Gasteiger partial charge in [-0.1, -0.05) is 64.9 Å². The van der Waals surface area contributed by atoms with Crippen LogP contribution in [0.5, 0.6) is 0 Å². The number of thiophene rings is 1. The van der Waals surface area contributed by atoms with Gasteiger partial charge in [0, 0.05) is 43.0 Å². The number of hydrogen-bond donors (Lipinski definition) is 1. The predicted octanol–water partition coefficient (Wildman–Crippen LogP) is 7.19. The van der Waals surface area contributed by atoms with Crippen LogP contribution in [0.1, 0.15) is 13.3 Å². The number of anilines is 1. The van der Waals surface area contributed by atoms with Gasteiger partial charge in [0.1, 0.15) is 0 Å². The number of halogens is 1. The lowest BCUT2D eigenvalue weighted by molar-refractivity contribution is -0.113. The fraction of sp³-hybridized carbons (Fsp3) is 0.167. The first-order valence-electron chi connectivity index (χ1n) is 10.7. The van der Waals surface area contributed by atoms with Crippen LogP contribution in [0, 0.1) is 0 Å². The molecule has 0 aliphatic carbocycles. The number of carbonyl (C=O) groups is 1. The molecule has 0 spiro atoms. The maximum Gasteiger partial charge on any atom is 0.236 e. The Hall–Kier alpha value is -2.53. The molecule has 0 fully saturated rings. The smallest absolute Gasteiger partial charge is 0.236 e. The second kappa shape index (κ2) is 10.4. The van der Waals surface area contributed by atoms with Crippen LogP contribution in [-0.2, 0) is 11.3 Å². The van der Waals surface area contributed by atoms with Gasteiger partial charge in [0.2, 0.25) is 5.91 Å². The van der Waals surface area contributed by atoms with Crippen LogP contribution in [0.15, 0.2) is 68.9 Å². The van der Waals surface area contributed by atoms with Crippen molar-refractivity contribution in [2.45, 2.75) is 25.0 Å². The second-order valence-electron chi connectivity index (χ2n) is 7.48. The molecule has 0 bridgehead atoms. The van der Waals surface area contributed by atoms with Crippen molar-refractivity contribution in [3.63, 3.8) is 0 Å². The summed E-state index contributed by atoms with van der Waals surface area (Å²) < 4.78 is 4.35. The third kappa shape index (κ3) is 4.95. The molecule has 0 saturated carbocycles. The van der Waals surface area contributed by atoms with E-state index in [2.05, 4.69) is 65.4 Å². The van der Waals surface area contributed by atoms with Crippen molar-refractivity contribution < 1.29 is 4.79 Å². The number of nitrogens with zero attached hydrogens (tertiary/aromatic N) is 4. The van der Waals surface area contributed by atoms with Crippen LogP contribution in [-0.4, -0.2) is 31.4 Å². The Morgan fingerprint density at radius 3 is 2.74 bits per heavy atom. The Bertz CT molecular complexity index is 1440. The van der Waals surface area contributed by atoms with Crippen LogP contribution in [0.3, 0.4) is 0 Å². The molecule has 3 heterocycles. The monoisotopic (exact) mass is 569 g/mol. The van der Waals surface area contributed by atoms with Crippen LogP contribution in [0.2, 0.25) is 0 Å². The Kier molecular flexibility index (Phi) is 7.10. The number of hydrogen-bond acceptors (Lipinski definition) is 7. The Labute approximate surface area is 217 Å². The minimum absolute atomic E-state index is 0.115. The summed E-state index contributed by atoms with van der Waals surface area (Å²) >= 11 is 7.96. The van der Waals surface area contributed by atoms with Crippen molar-refractivity contribution in [1.29, 1.82) is 0 Å². The van der Waals surface area contributed by atoms with E-state index in [1.165, 1.54) is 33.2 Å². The highest BCUT2D eigenvalue weighted by atomic mass is 79.9. The van der Waals surface area contributed by atoms with Gasteiger partial charge in [-0.15, -0.1) is 32.9 Å². The van der Waals surface area contributed by atoms with Gasteiger partial charge >= 0.3 is 0 Å². The van der Waals surface area contributed by atoms with E-state index in [-0.39, 0.29) is 11.7 Å². The molecule has 172 valence electrons. The lowest BCUT2D eigenvalue weighted by Gasteiger charge is -2.08. The lowest BCUT2D eigenvalue weighted by Crippen LogP contribution is -2.14. The highest BCUT2D eigenvalue weighted by Gasteiger charge is 2.18. The summed E-state index contributed by atoms with van der Waals surface area (Å²) in [5, 5.41) is 18.4. The molecule has 0 atom stereocenters. The fourth-order valence-electron chi connectivity index (χ4n) is 3.54. The summed E-state index contributed by atoms with van der Waals surface area (Å²) in [6.45, 7) is 2.92. The topological polar surface area (TPSA) is 72.7 Å². The first-order chi connectivity index (χ1) is 16.6. The van der Waals surface area contributed by atoms with E-state index in [9.17, 15) is 4.79 Å². The molecule has 5 aromatic rings. The zero-order chi connectivity index (χ0) is 23.5. The lowest BCUT2D eigenvalue weighted by atomic mass is 10.1. The molecule has 0 saturated heterocycles. The largest absolute Gasteiger partial charge is 0.302 e. The molecule has 3 aromatic heterocycles. The number of aromatic nitrogens is 4. The summed E-state index contributed by atoms with van der Waals surface area (Å²) in [4.78, 5) is 17.2. The van der Waals surface area contributed by atoms with E-state index in [0.717, 1.165) is 45.2 Å². The normalized spacial score (nSPS) is 11.2. The van der Waals surface area contributed by atoms with E-state index < -0.39 is 0 Å². The molecule has 0 aliphatic heterocycles. The molecular formula is C24H20BrN5OS3. The van der Waals surface area contributed by atoms with Gasteiger partial charge in [-0.2, -0.15) is 0 Å². The number of nitrogens with one attached hydrogen (secondary N) is 1. The molecule has 0 unspecified atom stereocenters. The predicted molar refractivity (Wildman–Crippen MR) is 146 cm³/mol. The standard InChI is InChI=1S/C24H20BrN5OS3/c1-2-11-30-22(18-12-32-20-6-4-3-5-17(18)20)28-29-24(30)34-14-21(31)27-23-26-19(13-33-23)15-7-9-16(25)10-8-15/h3-10,12-13H,2,11,14H2,1H3,(H,26,27,31). The molecule has 0 radical (unpaired) electrons. The van der Waals surface area contributed by atoms with Crippen molar-refractivity contribution in [1.82, 2.24) is 19.7 Å². The number of rotatable bonds is 8. The van der Waals surface area contributed by atoms with Gasteiger partial charge in [0.25, 0.3) is 0 Å². The van der Waals surface area contributed by atoms with Crippen molar-refractivity contribution in [3.05, 3.63) is 63.8 Å². The third-order valence-electron chi connectivity index (χ3n) is 5.11. The first-order valence-corrected chi connectivity index (χ1v) is 14.2. The number of fused-ring (bicyclic) bond motifs is 1. The van der Waals surface area contributed by atoms with Crippen molar-refractivity contribution in [2.75, 3.05) is 11.1 Å². The van der Waals surface area contributed by atoms with Gasteiger partial charge in [0.15, 0.2) is 16.1 Å². The molecule has 2 aromatic carbocycles. The summed E-state index contributed by atoms with van der Waals surface area (Å²) in [6.07, 6.45) is 0.949. The summed E-state index contributed by atoms with van der Waals surface area (Å²) in [7, 11) is 0. The number of carbonyl (C=O) groups excluding carboxylic acids is 1. The number of benzene rings is 2. The molecule has 34 heavy (non-hydrogen) atoms. The molecule has 1 N–H and O–H groups in total. The highest BCUT2D eigenvalue weighted by Crippen LogP contribution is 2.34. The maximum absolute atomic E-state index is 12.6. The number of amides is 1. The van der Waals surface area contributed by atoms with Crippen LogP contribution < -0.4 is 5.32 Å². The van der Waals surface area contributed by atoms with E-state index in [1.54, 1.807) is 11.3 Å². The highest BCUT2D eigenvalue weighted by molar-refractivity contribution is 9.10. The molecular weight excluding hydrogens is 550 g/mol. The summed E-state index contributed by atoms with van der Waals surface area (Å²) in [5.41, 5.74) is 2.94. The van der Waals surface area contributed by atoms with Gasteiger partial charge < -0.3 is 9.88 Å². The number of thiazole rings is 1. The Morgan fingerprint density at radius 1 is 1.09 bits per heavy atom. The Morgan fingerprint density at radius 2 is 1.91 bits per heavy atom.